The maximum atomic E-state index is 2.12. The fourth-order valence-electron chi connectivity index (χ4n) is 0.913. The van der Waals surface area contributed by atoms with Crippen molar-refractivity contribution < 1.29 is 0 Å². The van der Waals surface area contributed by atoms with E-state index < -0.39 is 0 Å². The molecule has 72 valence electrons. The summed E-state index contributed by atoms with van der Waals surface area (Å²) in [6.07, 6.45) is 4.14. The molecular weight excluding hydrogens is 182 g/mol. The highest BCUT2D eigenvalue weighted by Crippen LogP contribution is 2.04. The van der Waals surface area contributed by atoms with Crippen LogP contribution in [0.5, 0.6) is 0 Å². The number of rotatable bonds is 2. The van der Waals surface area contributed by atoms with Crippen molar-refractivity contribution in [3.05, 3.63) is 41.6 Å². The summed E-state index contributed by atoms with van der Waals surface area (Å²) in [4.78, 5) is 2.03. The Morgan fingerprint density at radius 1 is 1.08 bits per heavy atom. The van der Waals surface area contributed by atoms with E-state index in [2.05, 4.69) is 37.3 Å². The van der Waals surface area contributed by atoms with Crippen LogP contribution in [0.2, 0.25) is 0 Å². The first-order valence-electron chi connectivity index (χ1n) is 4.10. The molecule has 0 saturated heterocycles. The summed E-state index contributed by atoms with van der Waals surface area (Å²) in [5, 5.41) is 0. The van der Waals surface area contributed by atoms with Gasteiger partial charge in [-0.3, -0.25) is 0 Å². The van der Waals surface area contributed by atoms with Gasteiger partial charge in [0.25, 0.3) is 0 Å². The molecule has 0 radical (unpaired) electrons. The highest BCUT2D eigenvalue weighted by Gasteiger charge is 1.85. The standard InChI is InChI=1S/C11H15N.ClH/c1-10-4-6-11(7-5-10)8-9-12(2)3;/h4-9H,1-3H3;1H. The fraction of sp³-hybridized carbons (Fsp3) is 0.273. The Balaban J connectivity index is 0.00000144. The van der Waals surface area contributed by atoms with E-state index in [1.165, 1.54) is 11.1 Å². The second-order valence-electron chi connectivity index (χ2n) is 3.19. The lowest BCUT2D eigenvalue weighted by molar-refractivity contribution is 0.567. The molecule has 0 fully saturated rings. The predicted octanol–water partition coefficient (Wildman–Crippen LogP) is 2.95. The van der Waals surface area contributed by atoms with Crippen molar-refractivity contribution in [3.8, 4) is 0 Å². The first kappa shape index (κ1) is 12.0. The summed E-state index contributed by atoms with van der Waals surface area (Å²) in [7, 11) is 4.04. The molecule has 0 heterocycles. The lowest BCUT2D eigenvalue weighted by Gasteiger charge is -2.02. The molecule has 0 atom stereocenters. The minimum absolute atomic E-state index is 0. The molecule has 13 heavy (non-hydrogen) atoms. The van der Waals surface area contributed by atoms with Crippen molar-refractivity contribution in [2.75, 3.05) is 14.1 Å². The molecule has 0 aliphatic heterocycles. The Morgan fingerprint density at radius 3 is 2.08 bits per heavy atom. The molecule has 0 amide bonds. The number of benzene rings is 1. The summed E-state index contributed by atoms with van der Waals surface area (Å²) in [6.45, 7) is 2.10. The molecule has 1 aromatic rings. The Morgan fingerprint density at radius 2 is 1.62 bits per heavy atom. The Labute approximate surface area is 86.5 Å². The lowest BCUT2D eigenvalue weighted by atomic mass is 10.1. The predicted molar refractivity (Wildman–Crippen MR) is 61.1 cm³/mol. The topological polar surface area (TPSA) is 3.24 Å². The first-order chi connectivity index (χ1) is 5.68. The van der Waals surface area contributed by atoms with Gasteiger partial charge in [0.1, 0.15) is 0 Å². The molecule has 0 N–H and O–H groups in total. The zero-order valence-electron chi connectivity index (χ0n) is 8.32. The van der Waals surface area contributed by atoms with Crippen LogP contribution in [0.1, 0.15) is 11.1 Å². The monoisotopic (exact) mass is 197 g/mol. The van der Waals surface area contributed by atoms with Crippen LogP contribution in [-0.2, 0) is 0 Å². The van der Waals surface area contributed by atoms with Crippen LogP contribution in [0.25, 0.3) is 6.08 Å². The molecule has 0 spiro atoms. The normalized spacial score (nSPS) is 9.77. The van der Waals surface area contributed by atoms with Gasteiger partial charge in [0.05, 0.1) is 0 Å². The Hall–Kier alpha value is -0.950. The van der Waals surface area contributed by atoms with Crippen LogP contribution in [0.3, 0.4) is 0 Å². The molecular formula is C11H16ClN. The highest BCUT2D eigenvalue weighted by atomic mass is 35.5. The van der Waals surface area contributed by atoms with Crippen molar-refractivity contribution >= 4 is 18.5 Å². The number of halogens is 1. The number of nitrogens with zero attached hydrogens (tertiary/aromatic N) is 1. The van der Waals surface area contributed by atoms with Crippen molar-refractivity contribution in [2.24, 2.45) is 0 Å². The van der Waals surface area contributed by atoms with Crippen LogP contribution < -0.4 is 0 Å². The van der Waals surface area contributed by atoms with Gasteiger partial charge in [-0.2, -0.15) is 0 Å². The van der Waals surface area contributed by atoms with E-state index in [-0.39, 0.29) is 12.4 Å². The van der Waals surface area contributed by atoms with Crippen molar-refractivity contribution in [1.82, 2.24) is 4.90 Å². The summed E-state index contributed by atoms with van der Waals surface area (Å²) in [5.41, 5.74) is 2.55. The average molecular weight is 198 g/mol. The molecule has 0 aromatic heterocycles. The third kappa shape index (κ3) is 4.58. The van der Waals surface area contributed by atoms with Crippen LogP contribution >= 0.6 is 12.4 Å². The largest absolute Gasteiger partial charge is 0.383 e. The van der Waals surface area contributed by atoms with Crippen molar-refractivity contribution in [2.45, 2.75) is 6.92 Å². The van der Waals surface area contributed by atoms with E-state index in [1.807, 2.05) is 25.2 Å². The van der Waals surface area contributed by atoms with Gasteiger partial charge in [0, 0.05) is 14.1 Å². The van der Waals surface area contributed by atoms with Crippen LogP contribution in [0.15, 0.2) is 30.5 Å². The van der Waals surface area contributed by atoms with Gasteiger partial charge in [-0.25, -0.2) is 0 Å². The average Bonchev–Trinajstić information content (AvgIpc) is 2.03. The molecule has 2 heteroatoms. The minimum atomic E-state index is 0. The third-order valence-electron chi connectivity index (χ3n) is 1.64. The van der Waals surface area contributed by atoms with E-state index in [4.69, 9.17) is 0 Å². The Bertz CT molecular complexity index is 262. The van der Waals surface area contributed by atoms with E-state index >= 15 is 0 Å². The summed E-state index contributed by atoms with van der Waals surface area (Å²) in [5.74, 6) is 0. The maximum absolute atomic E-state index is 2.12. The summed E-state index contributed by atoms with van der Waals surface area (Å²) >= 11 is 0. The van der Waals surface area contributed by atoms with E-state index in [0.29, 0.717) is 0 Å². The second kappa shape index (κ2) is 5.65. The van der Waals surface area contributed by atoms with Gasteiger partial charge in [0.2, 0.25) is 0 Å². The summed E-state index contributed by atoms with van der Waals surface area (Å²) in [6, 6.07) is 8.48. The molecule has 0 saturated carbocycles. The number of aryl methyl sites for hydroxylation is 1. The zero-order valence-corrected chi connectivity index (χ0v) is 9.14. The highest BCUT2D eigenvalue weighted by molar-refractivity contribution is 5.85. The van der Waals surface area contributed by atoms with Crippen LogP contribution in [0.4, 0.5) is 0 Å². The zero-order chi connectivity index (χ0) is 8.97. The van der Waals surface area contributed by atoms with Gasteiger partial charge in [-0.1, -0.05) is 29.8 Å². The quantitative estimate of drug-likeness (QED) is 0.705. The van der Waals surface area contributed by atoms with E-state index in [1.54, 1.807) is 0 Å². The number of hydrogen-bond acceptors (Lipinski definition) is 1. The molecule has 0 bridgehead atoms. The van der Waals surface area contributed by atoms with Gasteiger partial charge >= 0.3 is 0 Å². The molecule has 1 aromatic carbocycles. The maximum Gasteiger partial charge on any atom is 0.00556 e. The molecule has 0 aliphatic rings. The lowest BCUT2D eigenvalue weighted by Crippen LogP contribution is -1.99. The van der Waals surface area contributed by atoms with Crippen LogP contribution in [-0.4, -0.2) is 19.0 Å². The van der Waals surface area contributed by atoms with Gasteiger partial charge in [-0.15, -0.1) is 12.4 Å². The first-order valence-corrected chi connectivity index (χ1v) is 4.10. The number of hydrogen-bond donors (Lipinski definition) is 0. The van der Waals surface area contributed by atoms with Crippen molar-refractivity contribution in [3.63, 3.8) is 0 Å². The molecule has 0 aliphatic carbocycles. The van der Waals surface area contributed by atoms with E-state index in [0.717, 1.165) is 0 Å². The minimum Gasteiger partial charge on any atom is -0.383 e. The third-order valence-corrected chi connectivity index (χ3v) is 1.64. The van der Waals surface area contributed by atoms with Crippen molar-refractivity contribution in [1.29, 1.82) is 0 Å². The van der Waals surface area contributed by atoms with Gasteiger partial charge < -0.3 is 4.90 Å². The SMILES string of the molecule is Cc1ccc(C=CN(C)C)cc1.Cl. The van der Waals surface area contributed by atoms with Gasteiger partial charge in [0.15, 0.2) is 0 Å². The van der Waals surface area contributed by atoms with E-state index in [9.17, 15) is 0 Å². The summed E-state index contributed by atoms with van der Waals surface area (Å²) < 4.78 is 0. The van der Waals surface area contributed by atoms with Gasteiger partial charge in [-0.05, 0) is 24.8 Å². The molecule has 1 rings (SSSR count). The smallest absolute Gasteiger partial charge is 0.00556 e. The van der Waals surface area contributed by atoms with Crippen LogP contribution in [0, 0.1) is 6.92 Å². The molecule has 1 nitrogen and oxygen atoms in total. The fourth-order valence-corrected chi connectivity index (χ4v) is 0.913. The second-order valence-corrected chi connectivity index (χ2v) is 3.19. The Kier molecular flexibility index (Phi) is 5.24. The molecule has 0 unspecified atom stereocenters.